The van der Waals surface area contributed by atoms with Gasteiger partial charge in [-0.05, 0) is 41.5 Å². The molecular formula is C22H17F2N3O3. The van der Waals surface area contributed by atoms with Crippen LogP contribution in [0.4, 0.5) is 19.3 Å². The van der Waals surface area contributed by atoms with Gasteiger partial charge in [0, 0.05) is 6.07 Å². The quantitative estimate of drug-likeness (QED) is 0.647. The van der Waals surface area contributed by atoms with Crippen LogP contribution < -0.4 is 10.6 Å². The highest BCUT2D eigenvalue weighted by atomic mass is 19.1. The maximum absolute atomic E-state index is 13.7. The number of anilines is 1. The van der Waals surface area contributed by atoms with Crippen LogP contribution in [0.3, 0.4) is 0 Å². The van der Waals surface area contributed by atoms with Crippen LogP contribution in [0.25, 0.3) is 10.8 Å². The number of hydrogen-bond acceptors (Lipinski definition) is 3. The molecular weight excluding hydrogens is 392 g/mol. The number of hydrogen-bond donors (Lipinski definition) is 2. The zero-order chi connectivity index (χ0) is 21.5. The number of imide groups is 1. The van der Waals surface area contributed by atoms with Crippen molar-refractivity contribution < 1.29 is 23.2 Å². The van der Waals surface area contributed by atoms with Gasteiger partial charge in [0.2, 0.25) is 5.91 Å². The maximum Gasteiger partial charge on any atom is 0.325 e. The number of nitrogens with zero attached hydrogens (tertiary/aromatic N) is 1. The topological polar surface area (TPSA) is 78.5 Å². The fraction of sp³-hybridized carbons (Fsp3) is 0.136. The largest absolute Gasteiger partial charge is 0.325 e. The van der Waals surface area contributed by atoms with Crippen LogP contribution in [0, 0.1) is 11.6 Å². The van der Waals surface area contributed by atoms with Crippen molar-refractivity contribution in [1.82, 2.24) is 10.2 Å². The second-order valence-corrected chi connectivity index (χ2v) is 7.18. The third-order valence-electron chi connectivity index (χ3n) is 5.11. The van der Waals surface area contributed by atoms with Crippen molar-refractivity contribution >= 4 is 34.3 Å². The molecule has 1 aliphatic heterocycles. The lowest BCUT2D eigenvalue weighted by molar-refractivity contribution is -0.133. The number of fused-ring (bicyclic) bond motifs is 1. The van der Waals surface area contributed by atoms with Gasteiger partial charge >= 0.3 is 6.03 Å². The van der Waals surface area contributed by atoms with Crippen LogP contribution in [0.5, 0.6) is 0 Å². The van der Waals surface area contributed by atoms with Gasteiger partial charge in [-0.1, -0.05) is 36.4 Å². The van der Waals surface area contributed by atoms with Crippen molar-refractivity contribution in [1.29, 1.82) is 0 Å². The van der Waals surface area contributed by atoms with Gasteiger partial charge in [0.25, 0.3) is 5.91 Å². The maximum atomic E-state index is 13.7. The highest BCUT2D eigenvalue weighted by molar-refractivity contribution is 6.10. The molecule has 1 atom stereocenters. The van der Waals surface area contributed by atoms with Crippen molar-refractivity contribution in [3.8, 4) is 0 Å². The Hall–Kier alpha value is -3.81. The third kappa shape index (κ3) is 3.36. The van der Waals surface area contributed by atoms with E-state index in [0.29, 0.717) is 5.56 Å². The van der Waals surface area contributed by atoms with Gasteiger partial charge < -0.3 is 10.6 Å². The lowest BCUT2D eigenvalue weighted by Crippen LogP contribution is -2.42. The summed E-state index contributed by atoms with van der Waals surface area (Å²) in [7, 11) is 0. The lowest BCUT2D eigenvalue weighted by Gasteiger charge is -2.22. The Morgan fingerprint density at radius 1 is 1.03 bits per heavy atom. The Balaban J connectivity index is 1.55. The summed E-state index contributed by atoms with van der Waals surface area (Å²) < 4.78 is 27.0. The average Bonchev–Trinajstić information content (AvgIpc) is 2.94. The normalized spacial score (nSPS) is 18.6. The lowest BCUT2D eigenvalue weighted by atomic mass is 9.90. The molecule has 1 aliphatic rings. The van der Waals surface area contributed by atoms with Gasteiger partial charge in [0.15, 0.2) is 0 Å². The molecule has 2 N–H and O–H groups in total. The van der Waals surface area contributed by atoms with Gasteiger partial charge in [0.1, 0.15) is 23.7 Å². The first-order valence-electron chi connectivity index (χ1n) is 9.16. The number of carbonyl (C=O) groups excluding carboxylic acids is 3. The number of carbonyl (C=O) groups is 3. The summed E-state index contributed by atoms with van der Waals surface area (Å²) >= 11 is 0. The van der Waals surface area contributed by atoms with Crippen LogP contribution >= 0.6 is 0 Å². The van der Waals surface area contributed by atoms with Crippen LogP contribution in [0.1, 0.15) is 12.5 Å². The first-order chi connectivity index (χ1) is 14.3. The molecule has 3 aromatic carbocycles. The second-order valence-electron chi connectivity index (χ2n) is 7.18. The van der Waals surface area contributed by atoms with Gasteiger partial charge in [0.05, 0.1) is 5.69 Å². The minimum atomic E-state index is -1.36. The minimum absolute atomic E-state index is 0.371. The molecule has 4 rings (SSSR count). The number of benzene rings is 3. The van der Waals surface area contributed by atoms with Crippen molar-refractivity contribution in [3.05, 3.63) is 77.9 Å². The van der Waals surface area contributed by atoms with E-state index in [1.165, 1.54) is 0 Å². The third-order valence-corrected chi connectivity index (χ3v) is 5.11. The van der Waals surface area contributed by atoms with Crippen molar-refractivity contribution in [2.75, 3.05) is 11.9 Å². The molecule has 0 aliphatic carbocycles. The molecule has 1 heterocycles. The summed E-state index contributed by atoms with van der Waals surface area (Å²) in [5, 5.41) is 6.69. The summed E-state index contributed by atoms with van der Waals surface area (Å²) in [6, 6.07) is 14.8. The first kappa shape index (κ1) is 19.5. The highest BCUT2D eigenvalue weighted by Crippen LogP contribution is 2.31. The first-order valence-corrected chi connectivity index (χ1v) is 9.16. The van der Waals surface area contributed by atoms with Crippen LogP contribution in [0.2, 0.25) is 0 Å². The number of halogens is 2. The van der Waals surface area contributed by atoms with Gasteiger partial charge in [-0.25, -0.2) is 13.6 Å². The van der Waals surface area contributed by atoms with Gasteiger partial charge in [-0.3, -0.25) is 14.5 Å². The average molecular weight is 409 g/mol. The summed E-state index contributed by atoms with van der Waals surface area (Å²) in [6.45, 7) is 0.922. The molecule has 1 unspecified atom stereocenters. The highest BCUT2D eigenvalue weighted by Gasteiger charge is 2.49. The predicted octanol–water partition coefficient (Wildman–Crippen LogP) is 3.52. The van der Waals surface area contributed by atoms with E-state index in [9.17, 15) is 23.2 Å². The smallest absolute Gasteiger partial charge is 0.322 e. The van der Waals surface area contributed by atoms with E-state index in [4.69, 9.17) is 0 Å². The molecule has 152 valence electrons. The standard InChI is InChI=1S/C22H17F2N3O3/c1-22(15-7-6-13-4-2-3-5-14(13)10-15)20(29)27(21(30)26-22)12-19(28)25-18-11-16(23)8-9-17(18)24/h2-11H,12H2,1H3,(H,25,28)(H,26,30). The molecule has 3 aromatic rings. The molecule has 30 heavy (non-hydrogen) atoms. The Bertz CT molecular complexity index is 1200. The number of amides is 4. The van der Waals surface area contributed by atoms with Crippen LogP contribution in [-0.2, 0) is 15.1 Å². The Morgan fingerprint density at radius 2 is 1.77 bits per heavy atom. The van der Waals surface area contributed by atoms with Crippen molar-refractivity contribution in [2.45, 2.75) is 12.5 Å². The van der Waals surface area contributed by atoms with Crippen LogP contribution in [0.15, 0.2) is 60.7 Å². The fourth-order valence-corrected chi connectivity index (χ4v) is 3.46. The summed E-state index contributed by atoms with van der Waals surface area (Å²) in [5.74, 6) is -3.00. The molecule has 1 saturated heterocycles. The molecule has 1 fully saturated rings. The molecule has 6 nitrogen and oxygen atoms in total. The van der Waals surface area contributed by atoms with Gasteiger partial charge in [-0.2, -0.15) is 0 Å². The molecule has 8 heteroatoms. The van der Waals surface area contributed by atoms with E-state index in [1.54, 1.807) is 19.1 Å². The van der Waals surface area contributed by atoms with E-state index in [0.717, 1.165) is 33.9 Å². The van der Waals surface area contributed by atoms with Crippen molar-refractivity contribution in [3.63, 3.8) is 0 Å². The molecule has 0 bridgehead atoms. The zero-order valence-electron chi connectivity index (χ0n) is 15.9. The number of nitrogens with one attached hydrogen (secondary N) is 2. The molecule has 0 saturated carbocycles. The fourth-order valence-electron chi connectivity index (χ4n) is 3.46. The minimum Gasteiger partial charge on any atom is -0.322 e. The zero-order valence-corrected chi connectivity index (χ0v) is 15.9. The summed E-state index contributed by atoms with van der Waals surface area (Å²) in [6.07, 6.45) is 0. The number of urea groups is 1. The second kappa shape index (κ2) is 7.22. The van der Waals surface area contributed by atoms with E-state index >= 15 is 0 Å². The Kier molecular flexibility index (Phi) is 4.69. The summed E-state index contributed by atoms with van der Waals surface area (Å²) in [5.41, 5.74) is -1.16. The molecule has 4 amide bonds. The predicted molar refractivity (Wildman–Crippen MR) is 107 cm³/mol. The van der Waals surface area contributed by atoms with Crippen LogP contribution in [-0.4, -0.2) is 29.3 Å². The van der Waals surface area contributed by atoms with E-state index < -0.39 is 41.6 Å². The van der Waals surface area contributed by atoms with Gasteiger partial charge in [-0.15, -0.1) is 0 Å². The summed E-state index contributed by atoms with van der Waals surface area (Å²) in [4.78, 5) is 38.5. The number of rotatable bonds is 4. The Labute approximate surface area is 170 Å². The monoisotopic (exact) mass is 409 g/mol. The molecule has 0 aromatic heterocycles. The Morgan fingerprint density at radius 3 is 2.53 bits per heavy atom. The van der Waals surface area contributed by atoms with E-state index in [-0.39, 0.29) is 5.69 Å². The van der Waals surface area contributed by atoms with E-state index in [1.807, 2.05) is 30.3 Å². The molecule has 0 spiro atoms. The SMILES string of the molecule is CC1(c2ccc3ccccc3c2)NC(=O)N(CC(=O)Nc2cc(F)ccc2F)C1=O. The molecule has 0 radical (unpaired) electrons. The van der Waals surface area contributed by atoms with E-state index in [2.05, 4.69) is 10.6 Å². The van der Waals surface area contributed by atoms with Crippen molar-refractivity contribution in [2.24, 2.45) is 0 Å².